The number of carbonyl (C=O) groups is 2. The predicted octanol–water partition coefficient (Wildman–Crippen LogP) is 0.524. The minimum atomic E-state index is -3.77. The Morgan fingerprint density at radius 2 is 1.79 bits per heavy atom. The van der Waals surface area contributed by atoms with Crippen LogP contribution >= 0.6 is 0 Å². The molecule has 0 spiro atoms. The second kappa shape index (κ2) is 6.57. The van der Waals surface area contributed by atoms with Gasteiger partial charge in [0.1, 0.15) is 5.82 Å². The molecule has 0 saturated heterocycles. The van der Waals surface area contributed by atoms with Crippen LogP contribution in [0.15, 0.2) is 40.0 Å². The number of hydrogen-bond acceptors (Lipinski definition) is 6. The number of nitrogens with zero attached hydrogens (tertiary/aromatic N) is 1. The lowest BCUT2D eigenvalue weighted by Crippen LogP contribution is -2.32. The second-order valence-electron chi connectivity index (χ2n) is 6.88. The largest absolute Gasteiger partial charge is 0.384 e. The Balaban J connectivity index is 1.79. The summed E-state index contributed by atoms with van der Waals surface area (Å²) in [6, 6.07) is 6.65. The third-order valence-corrected chi connectivity index (χ3v) is 6.53. The van der Waals surface area contributed by atoms with Crippen LogP contribution in [0.5, 0.6) is 0 Å². The van der Waals surface area contributed by atoms with Gasteiger partial charge in [0.25, 0.3) is 17.4 Å². The van der Waals surface area contributed by atoms with Crippen molar-refractivity contribution < 1.29 is 18.0 Å². The molecule has 0 bridgehead atoms. The molecule has 1 aliphatic heterocycles. The molecule has 10 heteroatoms. The van der Waals surface area contributed by atoms with Gasteiger partial charge < -0.3 is 5.73 Å². The van der Waals surface area contributed by atoms with Crippen LogP contribution in [0, 0.1) is 0 Å². The molecular formula is C18H18N4O5S. The van der Waals surface area contributed by atoms with Crippen LogP contribution in [0.2, 0.25) is 0 Å². The molecule has 1 aromatic carbocycles. The van der Waals surface area contributed by atoms with Crippen LogP contribution in [0.1, 0.15) is 46.4 Å². The number of carbonyl (C=O) groups excluding carboxylic acids is 2. The van der Waals surface area contributed by atoms with Crippen LogP contribution in [0.25, 0.3) is 5.69 Å². The molecule has 2 aliphatic rings. The molecule has 0 unspecified atom stereocenters. The van der Waals surface area contributed by atoms with Crippen molar-refractivity contribution in [3.8, 4) is 5.69 Å². The van der Waals surface area contributed by atoms with Gasteiger partial charge in [0.05, 0.1) is 21.7 Å². The number of fused-ring (bicyclic) bond motifs is 1. The van der Waals surface area contributed by atoms with Crippen molar-refractivity contribution in [1.29, 1.82) is 0 Å². The van der Waals surface area contributed by atoms with E-state index in [1.54, 1.807) is 0 Å². The first-order valence-electron chi connectivity index (χ1n) is 8.82. The third-order valence-electron chi connectivity index (χ3n) is 5.02. The number of benzene rings is 1. The van der Waals surface area contributed by atoms with Gasteiger partial charge in [-0.05, 0) is 31.0 Å². The molecule has 0 radical (unpaired) electrons. The number of rotatable bonds is 4. The highest BCUT2D eigenvalue weighted by atomic mass is 32.2. The third kappa shape index (κ3) is 3.00. The molecule has 4 N–H and O–H groups in total. The van der Waals surface area contributed by atoms with Crippen molar-refractivity contribution in [2.24, 2.45) is 0 Å². The minimum Gasteiger partial charge on any atom is -0.384 e. The lowest BCUT2D eigenvalue weighted by Gasteiger charge is -2.15. The van der Waals surface area contributed by atoms with Crippen LogP contribution in [0.3, 0.4) is 0 Å². The van der Waals surface area contributed by atoms with E-state index in [-0.39, 0.29) is 33.6 Å². The molecule has 1 aliphatic carbocycles. The lowest BCUT2D eigenvalue weighted by atomic mass is 10.1. The van der Waals surface area contributed by atoms with E-state index in [1.807, 2.05) is 0 Å². The van der Waals surface area contributed by atoms with E-state index < -0.39 is 27.4 Å². The minimum absolute atomic E-state index is 0.00998. The number of sulfonamides is 1. The highest BCUT2D eigenvalue weighted by Crippen LogP contribution is 2.25. The SMILES string of the molecule is Nc1c2c(cc(=O)n1-c1cccc(S(=O)(=O)NC3CCCC3)c1)C(=O)NC2=O. The van der Waals surface area contributed by atoms with Crippen LogP contribution < -0.4 is 21.3 Å². The normalized spacial score (nSPS) is 17.0. The Labute approximate surface area is 160 Å². The maximum Gasteiger partial charge on any atom is 0.262 e. The summed E-state index contributed by atoms with van der Waals surface area (Å²) in [4.78, 5) is 36.2. The maximum absolute atomic E-state index is 12.7. The number of pyridine rings is 1. The van der Waals surface area contributed by atoms with E-state index in [1.165, 1.54) is 24.3 Å². The van der Waals surface area contributed by atoms with Gasteiger partial charge in [-0.3, -0.25) is 24.3 Å². The van der Waals surface area contributed by atoms with Crippen molar-refractivity contribution in [3.63, 3.8) is 0 Å². The van der Waals surface area contributed by atoms with Gasteiger partial charge in [-0.15, -0.1) is 0 Å². The summed E-state index contributed by atoms with van der Waals surface area (Å²) in [6.07, 6.45) is 3.54. The number of nitrogens with one attached hydrogen (secondary N) is 2. The van der Waals surface area contributed by atoms with Gasteiger partial charge in [-0.1, -0.05) is 18.9 Å². The van der Waals surface area contributed by atoms with Crippen molar-refractivity contribution in [2.75, 3.05) is 5.73 Å². The smallest absolute Gasteiger partial charge is 0.262 e. The standard InChI is InChI=1S/C18H18N4O5S/c19-16-15-13(17(24)20-18(15)25)9-14(23)22(16)11-6-3-7-12(8-11)28(26,27)21-10-4-1-2-5-10/h3,6-10,21H,1-2,4-5,19H2,(H,20,24,25). The first kappa shape index (κ1) is 18.4. The van der Waals surface area contributed by atoms with Gasteiger partial charge in [-0.25, -0.2) is 13.1 Å². The zero-order valence-corrected chi connectivity index (χ0v) is 15.6. The first-order valence-corrected chi connectivity index (χ1v) is 10.3. The van der Waals surface area contributed by atoms with Crippen molar-refractivity contribution in [3.05, 3.63) is 51.8 Å². The maximum atomic E-state index is 12.7. The number of anilines is 1. The number of nitrogen functional groups attached to an aromatic ring is 1. The van der Waals surface area contributed by atoms with Crippen molar-refractivity contribution in [1.82, 2.24) is 14.6 Å². The Bertz CT molecular complexity index is 1160. The summed E-state index contributed by atoms with van der Waals surface area (Å²) >= 11 is 0. The lowest BCUT2D eigenvalue weighted by molar-refractivity contribution is 0.0880. The molecule has 146 valence electrons. The molecule has 1 saturated carbocycles. The number of amides is 2. The van der Waals surface area contributed by atoms with Gasteiger partial charge in [0, 0.05) is 12.1 Å². The van der Waals surface area contributed by atoms with E-state index in [4.69, 9.17) is 5.73 Å². The molecule has 1 fully saturated rings. The fourth-order valence-corrected chi connectivity index (χ4v) is 5.01. The van der Waals surface area contributed by atoms with E-state index >= 15 is 0 Å². The van der Waals surface area contributed by atoms with E-state index in [9.17, 15) is 22.8 Å². The van der Waals surface area contributed by atoms with Gasteiger partial charge in [0.15, 0.2) is 0 Å². The average molecular weight is 402 g/mol. The number of aromatic nitrogens is 1. The highest BCUT2D eigenvalue weighted by Gasteiger charge is 2.32. The molecule has 2 heterocycles. The quantitative estimate of drug-likeness (QED) is 0.637. The van der Waals surface area contributed by atoms with Gasteiger partial charge in [0.2, 0.25) is 10.0 Å². The zero-order chi connectivity index (χ0) is 20.1. The Morgan fingerprint density at radius 3 is 2.50 bits per heavy atom. The molecule has 1 aromatic heterocycles. The summed E-state index contributed by atoms with van der Waals surface area (Å²) in [5.41, 5.74) is 5.36. The van der Waals surface area contributed by atoms with E-state index in [2.05, 4.69) is 10.0 Å². The Morgan fingerprint density at radius 1 is 1.07 bits per heavy atom. The van der Waals surface area contributed by atoms with Crippen LogP contribution in [-0.4, -0.2) is 30.8 Å². The average Bonchev–Trinajstić information content (AvgIpc) is 3.23. The molecule has 4 rings (SSSR count). The molecule has 28 heavy (non-hydrogen) atoms. The van der Waals surface area contributed by atoms with Gasteiger partial charge >= 0.3 is 0 Å². The van der Waals surface area contributed by atoms with Crippen LogP contribution in [-0.2, 0) is 10.0 Å². The number of nitrogens with two attached hydrogens (primary N) is 1. The summed E-state index contributed by atoms with van der Waals surface area (Å²) in [6.45, 7) is 0. The van der Waals surface area contributed by atoms with Crippen molar-refractivity contribution in [2.45, 2.75) is 36.6 Å². The molecule has 9 nitrogen and oxygen atoms in total. The topological polar surface area (TPSA) is 140 Å². The highest BCUT2D eigenvalue weighted by molar-refractivity contribution is 7.89. The van der Waals surface area contributed by atoms with Gasteiger partial charge in [-0.2, -0.15) is 0 Å². The predicted molar refractivity (Wildman–Crippen MR) is 101 cm³/mol. The monoisotopic (exact) mass is 402 g/mol. The summed E-state index contributed by atoms with van der Waals surface area (Å²) in [5.74, 6) is -1.60. The second-order valence-corrected chi connectivity index (χ2v) is 8.59. The van der Waals surface area contributed by atoms with Crippen molar-refractivity contribution >= 4 is 27.7 Å². The van der Waals surface area contributed by atoms with E-state index in [0.29, 0.717) is 0 Å². The number of imide groups is 1. The van der Waals surface area contributed by atoms with Crippen LogP contribution in [0.4, 0.5) is 5.82 Å². The molecule has 2 aromatic rings. The summed E-state index contributed by atoms with van der Waals surface area (Å²) in [5, 5.41) is 2.09. The Kier molecular flexibility index (Phi) is 4.31. The molecule has 0 atom stereocenters. The molecule has 2 amide bonds. The summed E-state index contributed by atoms with van der Waals surface area (Å²) < 4.78 is 29.1. The Hall–Kier alpha value is -2.98. The fourth-order valence-electron chi connectivity index (χ4n) is 3.67. The first-order chi connectivity index (χ1) is 13.3. The zero-order valence-electron chi connectivity index (χ0n) is 14.8. The van der Waals surface area contributed by atoms with E-state index in [0.717, 1.165) is 36.3 Å². The molecular weight excluding hydrogens is 384 g/mol. The fraction of sp³-hybridized carbons (Fsp3) is 0.278. The number of hydrogen-bond donors (Lipinski definition) is 3. The summed E-state index contributed by atoms with van der Waals surface area (Å²) in [7, 11) is -3.77.